The average molecular weight is 312 g/mol. The molecule has 100 valence electrons. The molecule has 0 spiro atoms. The van der Waals surface area contributed by atoms with E-state index in [4.69, 9.17) is 29.6 Å². The Morgan fingerprint density at radius 3 is 2.89 bits per heavy atom. The van der Waals surface area contributed by atoms with Gasteiger partial charge in [-0.05, 0) is 25.1 Å². The number of rotatable bonds is 5. The molecule has 1 aromatic heterocycles. The quantitative estimate of drug-likeness (QED) is 0.831. The summed E-state index contributed by atoms with van der Waals surface area (Å²) in [7, 11) is 0. The van der Waals surface area contributed by atoms with Crippen LogP contribution in [-0.4, -0.2) is 16.5 Å². The molecule has 3 nitrogen and oxygen atoms in total. The summed E-state index contributed by atoms with van der Waals surface area (Å²) >= 11 is 12.8. The van der Waals surface area contributed by atoms with Gasteiger partial charge in [-0.1, -0.05) is 23.8 Å². The van der Waals surface area contributed by atoms with E-state index in [1.165, 1.54) is 0 Å². The zero-order valence-corrected chi connectivity index (χ0v) is 12.8. The van der Waals surface area contributed by atoms with Crippen LogP contribution in [0.2, 0.25) is 5.02 Å². The lowest BCUT2D eigenvalue weighted by atomic mass is 10.2. The van der Waals surface area contributed by atoms with Gasteiger partial charge in [0.15, 0.2) is 0 Å². The smallest absolute Gasteiger partial charge is 0.104 e. The molecule has 0 aliphatic rings. The zero-order valence-electron chi connectivity index (χ0n) is 10.4. The predicted octanol–water partition coefficient (Wildman–Crippen LogP) is 3.39. The number of hydrogen-bond acceptors (Lipinski definition) is 4. The fraction of sp³-hybridized carbons (Fsp3) is 0.231. The highest BCUT2D eigenvalue weighted by molar-refractivity contribution is 7.80. The third kappa shape index (κ3) is 3.89. The highest BCUT2D eigenvalue weighted by Crippen LogP contribution is 2.23. The number of benzene rings is 1. The number of nitrogens with zero attached hydrogens (tertiary/aromatic N) is 1. The summed E-state index contributed by atoms with van der Waals surface area (Å²) < 4.78 is 0. The monoisotopic (exact) mass is 311 g/mol. The van der Waals surface area contributed by atoms with E-state index in [0.29, 0.717) is 10.0 Å². The first-order chi connectivity index (χ1) is 9.06. The van der Waals surface area contributed by atoms with E-state index in [-0.39, 0.29) is 0 Å². The van der Waals surface area contributed by atoms with Crippen molar-refractivity contribution in [2.24, 2.45) is 5.73 Å². The van der Waals surface area contributed by atoms with Crippen LogP contribution in [0.1, 0.15) is 16.3 Å². The summed E-state index contributed by atoms with van der Waals surface area (Å²) in [4.78, 5) is 4.77. The lowest BCUT2D eigenvalue weighted by Gasteiger charge is -2.08. The Hall–Kier alpha value is -1.17. The van der Waals surface area contributed by atoms with Gasteiger partial charge in [0.05, 0.1) is 15.7 Å². The summed E-state index contributed by atoms with van der Waals surface area (Å²) in [5.74, 6) is 0. The molecule has 0 aliphatic carbocycles. The van der Waals surface area contributed by atoms with Crippen molar-refractivity contribution in [3.8, 4) is 0 Å². The van der Waals surface area contributed by atoms with Gasteiger partial charge < -0.3 is 11.1 Å². The number of nitrogens with two attached hydrogens (primary N) is 1. The van der Waals surface area contributed by atoms with E-state index in [1.54, 1.807) is 17.4 Å². The summed E-state index contributed by atoms with van der Waals surface area (Å²) in [6.45, 7) is 2.79. The van der Waals surface area contributed by atoms with Crippen LogP contribution in [0.25, 0.3) is 0 Å². The van der Waals surface area contributed by atoms with Gasteiger partial charge in [-0.25, -0.2) is 4.98 Å². The molecule has 0 atom stereocenters. The first-order valence-electron chi connectivity index (χ1n) is 5.80. The number of thiazole rings is 1. The van der Waals surface area contributed by atoms with Crippen molar-refractivity contribution >= 4 is 45.8 Å². The van der Waals surface area contributed by atoms with E-state index < -0.39 is 0 Å². The molecule has 1 aromatic carbocycles. The van der Waals surface area contributed by atoms with Crippen LogP contribution in [0.4, 0.5) is 5.69 Å². The molecule has 1 heterocycles. The van der Waals surface area contributed by atoms with Crippen LogP contribution in [0.3, 0.4) is 0 Å². The number of halogens is 1. The number of anilines is 1. The number of hydrogen-bond donors (Lipinski definition) is 2. The van der Waals surface area contributed by atoms with E-state index in [9.17, 15) is 0 Å². The standard InChI is InChI=1S/C13H14ClN3S2/c1-8-7-19-12(17-8)4-5-16-11-3-2-9(13(15)18)6-10(11)14/h2-3,6-7,16H,4-5H2,1H3,(H2,15,18). The number of thiocarbonyl (C=S) groups is 1. The molecular weight excluding hydrogens is 298 g/mol. The molecule has 19 heavy (non-hydrogen) atoms. The fourth-order valence-corrected chi connectivity index (χ4v) is 2.78. The molecule has 0 unspecified atom stereocenters. The van der Waals surface area contributed by atoms with Crippen LogP contribution >= 0.6 is 35.2 Å². The SMILES string of the molecule is Cc1csc(CCNc2ccc(C(N)=S)cc2Cl)n1. The molecule has 0 saturated heterocycles. The summed E-state index contributed by atoms with van der Waals surface area (Å²) in [5, 5.41) is 7.09. The van der Waals surface area contributed by atoms with Crippen LogP contribution in [-0.2, 0) is 6.42 Å². The molecule has 2 rings (SSSR count). The maximum Gasteiger partial charge on any atom is 0.104 e. The van der Waals surface area contributed by atoms with Crippen molar-refractivity contribution in [2.45, 2.75) is 13.3 Å². The summed E-state index contributed by atoms with van der Waals surface area (Å²) in [6.07, 6.45) is 0.881. The molecule has 0 aliphatic heterocycles. The van der Waals surface area contributed by atoms with Crippen molar-refractivity contribution in [3.05, 3.63) is 44.9 Å². The highest BCUT2D eigenvalue weighted by atomic mass is 35.5. The molecule has 3 N–H and O–H groups in total. The average Bonchev–Trinajstić information content (AvgIpc) is 2.77. The summed E-state index contributed by atoms with van der Waals surface area (Å²) in [6, 6.07) is 5.54. The zero-order chi connectivity index (χ0) is 13.8. The molecule has 6 heteroatoms. The highest BCUT2D eigenvalue weighted by Gasteiger charge is 2.04. The van der Waals surface area contributed by atoms with Gasteiger partial charge in [0.25, 0.3) is 0 Å². The lowest BCUT2D eigenvalue weighted by Crippen LogP contribution is -2.10. The molecule has 0 saturated carbocycles. The van der Waals surface area contributed by atoms with E-state index in [0.717, 1.165) is 34.9 Å². The molecule has 0 radical (unpaired) electrons. The first kappa shape index (κ1) is 14.2. The number of aromatic nitrogens is 1. The van der Waals surface area contributed by atoms with Crippen molar-refractivity contribution < 1.29 is 0 Å². The van der Waals surface area contributed by atoms with Gasteiger partial charge in [-0.2, -0.15) is 0 Å². The Labute approximate surface area is 126 Å². The van der Waals surface area contributed by atoms with Crippen molar-refractivity contribution in [1.82, 2.24) is 4.98 Å². The first-order valence-corrected chi connectivity index (χ1v) is 7.47. The van der Waals surface area contributed by atoms with Gasteiger partial charge in [-0.15, -0.1) is 11.3 Å². The van der Waals surface area contributed by atoms with E-state index >= 15 is 0 Å². The van der Waals surface area contributed by atoms with E-state index in [2.05, 4.69) is 15.7 Å². The molecule has 0 amide bonds. The second-order valence-corrected chi connectivity index (χ2v) is 5.91. The van der Waals surface area contributed by atoms with Gasteiger partial charge in [0.1, 0.15) is 4.99 Å². The van der Waals surface area contributed by atoms with Crippen LogP contribution < -0.4 is 11.1 Å². The Kier molecular flexibility index (Phi) is 4.74. The third-order valence-corrected chi connectivity index (χ3v) is 4.15. The van der Waals surface area contributed by atoms with Gasteiger partial charge in [-0.3, -0.25) is 0 Å². The maximum atomic E-state index is 6.17. The van der Waals surface area contributed by atoms with Crippen LogP contribution in [0, 0.1) is 6.92 Å². The Balaban J connectivity index is 1.94. The van der Waals surface area contributed by atoms with E-state index in [1.807, 2.05) is 19.1 Å². The van der Waals surface area contributed by atoms with Gasteiger partial charge in [0.2, 0.25) is 0 Å². The van der Waals surface area contributed by atoms with Crippen LogP contribution in [0.5, 0.6) is 0 Å². The minimum Gasteiger partial charge on any atom is -0.389 e. The van der Waals surface area contributed by atoms with Crippen molar-refractivity contribution in [1.29, 1.82) is 0 Å². The van der Waals surface area contributed by atoms with Crippen molar-refractivity contribution in [3.63, 3.8) is 0 Å². The largest absolute Gasteiger partial charge is 0.389 e. The Morgan fingerprint density at radius 2 is 2.32 bits per heavy atom. The minimum absolute atomic E-state index is 0.353. The number of nitrogens with one attached hydrogen (secondary N) is 1. The molecule has 0 bridgehead atoms. The third-order valence-electron chi connectivity index (χ3n) is 2.57. The Morgan fingerprint density at radius 1 is 1.53 bits per heavy atom. The van der Waals surface area contributed by atoms with Gasteiger partial charge >= 0.3 is 0 Å². The predicted molar refractivity (Wildman–Crippen MR) is 86.4 cm³/mol. The normalized spacial score (nSPS) is 10.4. The molecule has 2 aromatic rings. The Bertz CT molecular complexity index is 595. The fourth-order valence-electron chi connectivity index (χ4n) is 1.63. The second-order valence-electron chi connectivity index (χ2n) is 4.12. The number of aryl methyl sites for hydroxylation is 1. The molecule has 0 fully saturated rings. The minimum atomic E-state index is 0.353. The molecular formula is C13H14ClN3S2. The topological polar surface area (TPSA) is 50.9 Å². The van der Waals surface area contributed by atoms with Crippen molar-refractivity contribution in [2.75, 3.05) is 11.9 Å². The summed E-state index contributed by atoms with van der Waals surface area (Å²) in [5.41, 5.74) is 8.29. The lowest BCUT2D eigenvalue weighted by molar-refractivity contribution is 0.987. The second kappa shape index (κ2) is 6.32. The van der Waals surface area contributed by atoms with Gasteiger partial charge in [0, 0.05) is 29.6 Å². The maximum absolute atomic E-state index is 6.17. The van der Waals surface area contributed by atoms with Crippen LogP contribution in [0.15, 0.2) is 23.6 Å².